The first-order valence-corrected chi connectivity index (χ1v) is 45.0. The second-order valence-corrected chi connectivity index (χ2v) is 27.2. The topological polar surface area (TPSA) is 60.7 Å². The molecule has 0 saturated carbocycles. The zero-order valence-corrected chi connectivity index (χ0v) is 76.7. The predicted octanol–water partition coefficient (Wildman–Crippen LogP) is 37.4. The maximum Gasteiger partial charge on any atom is 0.0483 e. The van der Waals surface area contributed by atoms with Crippen LogP contribution in [-0.2, 0) is 0 Å². The monoisotopic (exact) mass is 1390 g/mol. The van der Waals surface area contributed by atoms with E-state index in [4.69, 9.17) is 15.3 Å². The maximum absolute atomic E-state index is 8.06. The Morgan fingerprint density at radius 1 is 0.104 bits per heavy atom. The van der Waals surface area contributed by atoms with Crippen molar-refractivity contribution < 1.29 is 15.3 Å². The van der Waals surface area contributed by atoms with Gasteiger partial charge in [0.2, 0.25) is 0 Å². The van der Waals surface area contributed by atoms with Gasteiger partial charge in [-0.1, -0.05) is 553 Å². The SMILES string of the molecule is CC(C)O.CC(C)O.CC(C)O.CCCCCC.CCCCCC.CCCCCC.CCCCCC.CCCCCC.CCCCCC.CCCCCC.CCCCCC.CCCCCC.CCCCCC.CCCCCC.CCCCCC.CCCCCC.CCCCCC. The highest BCUT2D eigenvalue weighted by Gasteiger charge is 1.83. The van der Waals surface area contributed by atoms with Gasteiger partial charge in [-0.05, 0) is 41.5 Å². The third-order valence-electron chi connectivity index (χ3n) is 13.4. The Morgan fingerprint density at radius 2 is 0.125 bits per heavy atom. The van der Waals surface area contributed by atoms with Crippen molar-refractivity contribution in [2.75, 3.05) is 0 Å². The Balaban J connectivity index is -0.0000000461. The second-order valence-electron chi connectivity index (χ2n) is 27.2. The van der Waals surface area contributed by atoms with Gasteiger partial charge in [0.25, 0.3) is 0 Å². The van der Waals surface area contributed by atoms with Crippen molar-refractivity contribution in [3.63, 3.8) is 0 Å². The molecule has 0 aromatic carbocycles. The molecule has 0 radical (unpaired) electrons. The van der Waals surface area contributed by atoms with Gasteiger partial charge >= 0.3 is 0 Å². The fourth-order valence-corrected chi connectivity index (χ4v) is 7.00. The van der Waals surface area contributed by atoms with Crippen LogP contribution in [-0.4, -0.2) is 33.6 Å². The van der Waals surface area contributed by atoms with Gasteiger partial charge in [-0.15, -0.1) is 0 Å². The van der Waals surface area contributed by atoms with Crippen molar-refractivity contribution >= 4 is 0 Å². The first kappa shape index (κ1) is 139. The summed E-state index contributed by atoms with van der Waals surface area (Å²) in [4.78, 5) is 0. The van der Waals surface area contributed by atoms with Gasteiger partial charge in [0, 0.05) is 18.3 Å². The van der Waals surface area contributed by atoms with E-state index in [0.717, 1.165) is 0 Å². The summed E-state index contributed by atoms with van der Waals surface area (Å²) in [6.45, 7) is 72.8. The van der Waals surface area contributed by atoms with Crippen molar-refractivity contribution in [2.45, 2.75) is 613 Å². The summed E-state index contributed by atoms with van der Waals surface area (Å²) in [5, 5.41) is 24.2. The summed E-state index contributed by atoms with van der Waals surface area (Å²) in [7, 11) is 0. The van der Waals surface area contributed by atoms with Crippen molar-refractivity contribution in [1.82, 2.24) is 0 Å². The Kier molecular flexibility index (Phi) is 287. The van der Waals surface area contributed by atoms with Gasteiger partial charge in [-0.3, -0.25) is 0 Å². The Labute approximate surface area is 625 Å². The first-order chi connectivity index (χ1) is 46.0. The molecule has 0 spiro atoms. The van der Waals surface area contributed by atoms with Crippen LogP contribution in [0.4, 0.5) is 0 Å². The van der Waals surface area contributed by atoms with Crippen molar-refractivity contribution in [1.29, 1.82) is 0 Å². The fourth-order valence-electron chi connectivity index (χ4n) is 7.00. The zero-order chi connectivity index (χ0) is 78.3. The van der Waals surface area contributed by atoms with Crippen molar-refractivity contribution in [3.8, 4) is 0 Å². The van der Waals surface area contributed by atoms with E-state index in [1.165, 1.54) is 360 Å². The predicted molar refractivity (Wildman–Crippen MR) is 469 cm³/mol. The average Bonchev–Trinajstić information content (AvgIpc) is 3.58. The Hall–Kier alpha value is -0.120. The molecule has 0 aliphatic carbocycles. The largest absolute Gasteiger partial charge is 0.394 e. The normalized spacial score (nSPS) is 9.00. The molecule has 0 aliphatic heterocycles. The van der Waals surface area contributed by atoms with Crippen LogP contribution < -0.4 is 0 Å². The van der Waals surface area contributed by atoms with E-state index in [-0.39, 0.29) is 18.3 Å². The lowest BCUT2D eigenvalue weighted by Gasteiger charge is -1.86. The smallest absolute Gasteiger partial charge is 0.0483 e. The van der Waals surface area contributed by atoms with Crippen LogP contribution in [0.15, 0.2) is 0 Å². The standard InChI is InChI=1S/14C6H14.3C3H8O/c14*1-3-5-6-4-2;3*1-3(2)4/h14*3-6H2,1-2H3;3*3-4H,1-2H3. The number of aliphatic hydroxyl groups excluding tert-OH is 3. The molecule has 0 rings (SSSR count). The molecule has 610 valence electrons. The minimum atomic E-state index is -0.167. The van der Waals surface area contributed by atoms with Crippen LogP contribution in [0.5, 0.6) is 0 Å². The van der Waals surface area contributed by atoms with E-state index in [0.29, 0.717) is 0 Å². The molecule has 0 bridgehead atoms. The lowest BCUT2D eigenvalue weighted by molar-refractivity contribution is 0.215. The highest BCUT2D eigenvalue weighted by molar-refractivity contribution is 4.38. The van der Waals surface area contributed by atoms with E-state index in [9.17, 15) is 0 Å². The summed E-state index contributed by atoms with van der Waals surface area (Å²) in [6, 6.07) is 0. The molecule has 3 N–H and O–H groups in total. The highest BCUT2D eigenvalue weighted by Crippen LogP contribution is 2.02. The average molecular weight is 1390 g/mol. The van der Waals surface area contributed by atoms with Crippen LogP contribution in [0, 0.1) is 0 Å². The summed E-state index contributed by atoms with van der Waals surface area (Å²) >= 11 is 0. The third kappa shape index (κ3) is 462. The lowest BCUT2D eigenvalue weighted by Crippen LogP contribution is -1.85. The second kappa shape index (κ2) is 199. The van der Waals surface area contributed by atoms with E-state index < -0.39 is 0 Å². The number of hydrogen-bond acceptors (Lipinski definition) is 3. The van der Waals surface area contributed by atoms with Gasteiger partial charge < -0.3 is 15.3 Å². The van der Waals surface area contributed by atoms with E-state index in [1.807, 2.05) is 0 Å². The third-order valence-corrected chi connectivity index (χ3v) is 13.4. The molecule has 0 aliphatic rings. The molecule has 0 aromatic heterocycles. The molecule has 0 fully saturated rings. The zero-order valence-electron chi connectivity index (χ0n) is 76.7. The molecule has 3 nitrogen and oxygen atoms in total. The number of unbranched alkanes of at least 4 members (excludes halogenated alkanes) is 42. The van der Waals surface area contributed by atoms with Gasteiger partial charge in [-0.25, -0.2) is 0 Å². The molecule has 0 heterocycles. The van der Waals surface area contributed by atoms with Crippen LogP contribution in [0.2, 0.25) is 0 Å². The molecule has 0 atom stereocenters. The van der Waals surface area contributed by atoms with Gasteiger partial charge in [0.1, 0.15) is 0 Å². The summed E-state index contributed by atoms with van der Waals surface area (Å²) in [5.41, 5.74) is 0. The number of hydrogen-bond donors (Lipinski definition) is 3. The fraction of sp³-hybridized carbons (Fsp3) is 1.00. The Morgan fingerprint density at radius 3 is 0.135 bits per heavy atom. The van der Waals surface area contributed by atoms with E-state index in [2.05, 4.69) is 194 Å². The molecule has 96 heavy (non-hydrogen) atoms. The van der Waals surface area contributed by atoms with Gasteiger partial charge in [-0.2, -0.15) is 0 Å². The van der Waals surface area contributed by atoms with Crippen LogP contribution in [0.3, 0.4) is 0 Å². The van der Waals surface area contributed by atoms with Gasteiger partial charge in [0.15, 0.2) is 0 Å². The van der Waals surface area contributed by atoms with Crippen molar-refractivity contribution in [3.05, 3.63) is 0 Å². The van der Waals surface area contributed by atoms with E-state index in [1.54, 1.807) is 41.5 Å². The molecular formula is C93H220O3. The molecule has 0 unspecified atom stereocenters. The number of rotatable bonds is 42. The summed E-state index contributed by atoms with van der Waals surface area (Å²) in [6.07, 6.45) is 77.0. The van der Waals surface area contributed by atoms with E-state index >= 15 is 0 Å². The van der Waals surface area contributed by atoms with Crippen LogP contribution in [0.1, 0.15) is 595 Å². The molecule has 0 saturated heterocycles. The summed E-state index contributed by atoms with van der Waals surface area (Å²) in [5.74, 6) is 0. The van der Waals surface area contributed by atoms with Crippen molar-refractivity contribution in [2.24, 2.45) is 0 Å². The first-order valence-electron chi connectivity index (χ1n) is 45.0. The highest BCUT2D eigenvalue weighted by atomic mass is 16.3. The van der Waals surface area contributed by atoms with Crippen LogP contribution >= 0.6 is 0 Å². The molecular weight excluding hydrogens is 1170 g/mol. The Bertz CT molecular complexity index is 504. The minimum Gasteiger partial charge on any atom is -0.394 e. The quantitative estimate of drug-likeness (QED) is 0.0534. The van der Waals surface area contributed by atoms with Gasteiger partial charge in [0.05, 0.1) is 0 Å². The maximum atomic E-state index is 8.06. The summed E-state index contributed by atoms with van der Waals surface area (Å²) < 4.78 is 0. The van der Waals surface area contributed by atoms with Crippen LogP contribution in [0.25, 0.3) is 0 Å². The molecule has 3 heteroatoms. The molecule has 0 aromatic rings. The lowest BCUT2D eigenvalue weighted by atomic mass is 10.2. The minimum absolute atomic E-state index is 0.167. The number of aliphatic hydroxyl groups is 3. The molecule has 0 amide bonds.